The van der Waals surface area contributed by atoms with Crippen LogP contribution in [0.2, 0.25) is 0 Å². The van der Waals surface area contributed by atoms with Crippen LogP contribution in [-0.4, -0.2) is 96.7 Å². The van der Waals surface area contributed by atoms with E-state index in [4.69, 9.17) is 37.0 Å². The number of esters is 4. The summed E-state index contributed by atoms with van der Waals surface area (Å²) in [6.45, 7) is 4.33. The smallest absolute Gasteiger partial charge is 0.462 e. The highest BCUT2D eigenvalue weighted by Gasteiger charge is 2.30. The lowest BCUT2D eigenvalue weighted by Gasteiger charge is -2.21. The molecular weight excluding hydrogens is 1350 g/mol. The van der Waals surface area contributed by atoms with E-state index in [1.54, 1.807) is 12.2 Å². The maximum atomic E-state index is 13.1. The Morgan fingerprint density at radius 2 is 0.538 bits per heavy atom. The van der Waals surface area contributed by atoms with Crippen molar-refractivity contribution in [2.45, 2.75) is 303 Å². The molecule has 5 unspecified atom stereocenters. The zero-order valence-electron chi connectivity index (χ0n) is 64.4. The van der Waals surface area contributed by atoms with Crippen LogP contribution in [0.15, 0.2) is 170 Å². The van der Waals surface area contributed by atoms with Crippen LogP contribution < -0.4 is 0 Å². The first kappa shape index (κ1) is 98.4. The molecule has 0 aromatic carbocycles. The lowest BCUT2D eigenvalue weighted by Crippen LogP contribution is -2.30. The first-order valence-corrected chi connectivity index (χ1v) is 42.4. The first-order chi connectivity index (χ1) is 50.7. The molecule has 0 rings (SSSR count). The Bertz CT molecular complexity index is 2640. The Balaban J connectivity index is 5.46. The number of allylic oxidation sites excluding steroid dienone is 27. The lowest BCUT2D eigenvalue weighted by atomic mass is 10.1. The molecule has 590 valence electrons. The molecule has 3 N–H and O–H groups in total. The number of hydrogen-bond acceptors (Lipinski definition) is 15. The van der Waals surface area contributed by atoms with Crippen LogP contribution in [0.25, 0.3) is 0 Å². The van der Waals surface area contributed by atoms with Gasteiger partial charge in [0.2, 0.25) is 0 Å². The van der Waals surface area contributed by atoms with E-state index < -0.39 is 97.5 Å². The number of unbranched alkanes of at least 4 members (excludes halogenated alkanes) is 19. The lowest BCUT2D eigenvalue weighted by molar-refractivity contribution is -0.161. The first-order valence-electron chi connectivity index (χ1n) is 39.4. The Hall–Kier alpha value is -5.58. The van der Waals surface area contributed by atoms with Gasteiger partial charge < -0.3 is 33.8 Å². The van der Waals surface area contributed by atoms with E-state index >= 15 is 0 Å². The molecule has 0 saturated carbocycles. The van der Waals surface area contributed by atoms with Gasteiger partial charge in [-0.25, -0.2) is 9.13 Å². The minimum Gasteiger partial charge on any atom is -0.462 e. The molecule has 0 saturated heterocycles. The summed E-state index contributed by atoms with van der Waals surface area (Å²) in [7, 11) is -10.0. The van der Waals surface area contributed by atoms with E-state index in [0.29, 0.717) is 25.7 Å². The molecule has 0 amide bonds. The molecule has 0 spiro atoms. The van der Waals surface area contributed by atoms with Crippen LogP contribution in [-0.2, 0) is 65.4 Å². The average molecular weight is 1490 g/mol. The molecule has 0 heterocycles. The molecule has 0 bridgehead atoms. The zero-order chi connectivity index (χ0) is 76.0. The fraction of sp³-hybridized carbons (Fsp3) is 0.624. The Kier molecular flexibility index (Phi) is 71.6. The number of carbonyl (C=O) groups excluding carboxylic acids is 4. The predicted octanol–water partition coefficient (Wildman–Crippen LogP) is 23.0. The Morgan fingerprint density at radius 1 is 0.288 bits per heavy atom. The van der Waals surface area contributed by atoms with Crippen LogP contribution >= 0.6 is 15.6 Å². The number of phosphoric acid groups is 2. The van der Waals surface area contributed by atoms with Gasteiger partial charge in [-0.2, -0.15) is 0 Å². The van der Waals surface area contributed by atoms with Crippen LogP contribution in [0.1, 0.15) is 285 Å². The molecule has 0 aliphatic heterocycles. The van der Waals surface area contributed by atoms with Crippen LogP contribution in [0, 0.1) is 0 Å². The van der Waals surface area contributed by atoms with Crippen molar-refractivity contribution >= 4 is 39.5 Å². The molecule has 0 aromatic heterocycles. The van der Waals surface area contributed by atoms with Gasteiger partial charge in [-0.15, -0.1) is 0 Å². The van der Waals surface area contributed by atoms with Crippen LogP contribution in [0.3, 0.4) is 0 Å². The maximum Gasteiger partial charge on any atom is 0.472 e. The van der Waals surface area contributed by atoms with Gasteiger partial charge in [0, 0.05) is 19.3 Å². The van der Waals surface area contributed by atoms with Crippen molar-refractivity contribution in [2.24, 2.45) is 0 Å². The molecule has 19 heteroatoms. The zero-order valence-corrected chi connectivity index (χ0v) is 66.2. The predicted molar refractivity (Wildman–Crippen MR) is 426 cm³/mol. The molecular formula is C85H138O17P2. The van der Waals surface area contributed by atoms with Crippen molar-refractivity contribution in [1.29, 1.82) is 0 Å². The maximum absolute atomic E-state index is 13.1. The minimum absolute atomic E-state index is 0.0713. The fourth-order valence-electron chi connectivity index (χ4n) is 9.80. The van der Waals surface area contributed by atoms with E-state index in [1.807, 2.05) is 12.2 Å². The summed E-state index contributed by atoms with van der Waals surface area (Å²) in [4.78, 5) is 72.9. The van der Waals surface area contributed by atoms with E-state index in [1.165, 1.54) is 25.7 Å². The average Bonchev–Trinajstić information content (AvgIpc) is 0.910. The SMILES string of the molecule is CC/C=C\C/C=C\C/C=C\C/C=C\C/C=C\CC(=O)OC(COC(=O)CCCCCCCC/C=C\C/C=C\C/C=C\C/C=C\CC)COP(=O)(O)OCC(O)COP(=O)(O)OCC(COC(=O)CCCCCC/C=C\C/C=C\C/C=C\C/C=C\CC)OC(=O)CCCCCCC/C=C\CCCCCC. The molecule has 5 atom stereocenters. The third kappa shape index (κ3) is 74.7. The minimum atomic E-state index is -5.01. The summed E-state index contributed by atoms with van der Waals surface area (Å²) in [5, 5.41) is 10.6. The Morgan fingerprint density at radius 3 is 0.865 bits per heavy atom. The second-order valence-electron chi connectivity index (χ2n) is 25.5. The summed E-state index contributed by atoms with van der Waals surface area (Å²) in [6, 6.07) is 0. The fourth-order valence-corrected chi connectivity index (χ4v) is 11.4. The molecule has 0 fully saturated rings. The number of aliphatic hydroxyl groups excluding tert-OH is 1. The van der Waals surface area contributed by atoms with Crippen molar-refractivity contribution < 1.29 is 80.2 Å². The highest BCUT2D eigenvalue weighted by atomic mass is 31.2. The number of hydrogen-bond donors (Lipinski definition) is 3. The van der Waals surface area contributed by atoms with Gasteiger partial charge in [-0.1, -0.05) is 275 Å². The molecule has 17 nitrogen and oxygen atoms in total. The van der Waals surface area contributed by atoms with Gasteiger partial charge in [0.05, 0.1) is 32.8 Å². The molecule has 0 radical (unpaired) electrons. The topological polar surface area (TPSA) is 237 Å². The third-order valence-corrected chi connectivity index (χ3v) is 17.6. The summed E-state index contributed by atoms with van der Waals surface area (Å²) in [5.74, 6) is -2.39. The van der Waals surface area contributed by atoms with Crippen molar-refractivity contribution in [3.05, 3.63) is 170 Å². The Labute approximate surface area is 629 Å². The van der Waals surface area contributed by atoms with Gasteiger partial charge in [0.25, 0.3) is 0 Å². The molecule has 0 aromatic rings. The second-order valence-corrected chi connectivity index (χ2v) is 28.4. The highest BCUT2D eigenvalue weighted by Crippen LogP contribution is 2.45. The van der Waals surface area contributed by atoms with Crippen LogP contribution in [0.5, 0.6) is 0 Å². The van der Waals surface area contributed by atoms with E-state index in [9.17, 15) is 43.2 Å². The van der Waals surface area contributed by atoms with Crippen molar-refractivity contribution in [3.8, 4) is 0 Å². The van der Waals surface area contributed by atoms with E-state index in [2.05, 4.69) is 174 Å². The van der Waals surface area contributed by atoms with Crippen molar-refractivity contribution in [3.63, 3.8) is 0 Å². The monoisotopic (exact) mass is 1490 g/mol. The normalized spacial score (nSPS) is 14.8. The van der Waals surface area contributed by atoms with E-state index in [-0.39, 0.29) is 25.7 Å². The molecule has 0 aliphatic carbocycles. The van der Waals surface area contributed by atoms with Gasteiger partial charge >= 0.3 is 39.5 Å². The number of rotatable bonds is 72. The van der Waals surface area contributed by atoms with Gasteiger partial charge in [0.1, 0.15) is 19.3 Å². The summed E-state index contributed by atoms with van der Waals surface area (Å²) in [6.07, 6.45) is 89.4. The standard InChI is InChI=1S/C85H138O17P2/c1-5-9-13-17-21-25-29-33-36-38-39-41-44-47-50-54-58-62-66-70-83(88)96-76-81(102-85(90)72-68-64-60-56-52-48-42-35-31-27-23-19-15-11-7-3)78-100-104(93,94)98-74-79(86)73-97-103(91,92)99-77-80(101-84(89)71-67-63-59-55-51-45-32-28-24-20-16-12-8-4)75-95-82(87)69-65-61-57-53-49-46-43-40-37-34-30-26-22-18-14-10-6-2/h9-11,13-15,21-23,25-28,32-37,39,41-43,46,52,56,64,68,79-81,86H,5-8,12,16-20,24,29-31,38,40,44-45,47-51,53-55,57-63,65-67,69-78H2,1-4H3,(H,91,92)(H,93,94)/b13-9-,14-10-,15-11-,25-21-,26-22-,27-23-,32-28-,36-33-,37-34-,41-39-,42-35-,46-43-,56-52-,68-64-. The number of aliphatic hydroxyl groups is 1. The summed E-state index contributed by atoms with van der Waals surface area (Å²) in [5.41, 5.74) is 0. The van der Waals surface area contributed by atoms with Crippen molar-refractivity contribution in [2.75, 3.05) is 39.6 Å². The van der Waals surface area contributed by atoms with E-state index in [0.717, 1.165) is 180 Å². The number of ether oxygens (including phenoxy) is 4. The van der Waals surface area contributed by atoms with Crippen molar-refractivity contribution in [1.82, 2.24) is 0 Å². The quantitative estimate of drug-likeness (QED) is 0.0169. The second kappa shape index (κ2) is 75.6. The third-order valence-electron chi connectivity index (χ3n) is 15.7. The van der Waals surface area contributed by atoms with Gasteiger partial charge in [-0.05, 0) is 154 Å². The molecule has 0 aliphatic rings. The largest absolute Gasteiger partial charge is 0.472 e. The molecule has 104 heavy (non-hydrogen) atoms. The van der Waals surface area contributed by atoms with Gasteiger partial charge in [0.15, 0.2) is 12.2 Å². The highest BCUT2D eigenvalue weighted by molar-refractivity contribution is 7.47. The number of phosphoric ester groups is 2. The summed E-state index contributed by atoms with van der Waals surface area (Å²) >= 11 is 0. The van der Waals surface area contributed by atoms with Gasteiger partial charge in [-0.3, -0.25) is 37.3 Å². The van der Waals surface area contributed by atoms with Crippen LogP contribution in [0.4, 0.5) is 0 Å². The number of carbonyl (C=O) groups is 4. The summed E-state index contributed by atoms with van der Waals surface area (Å²) < 4.78 is 68.4.